The molecule has 0 bridgehead atoms. The number of rotatable bonds is 15. The number of hydrogen-bond donors (Lipinski definition) is 0. The second-order valence-corrected chi connectivity index (χ2v) is 10.6. The molecule has 228 valence electrons. The Labute approximate surface area is 256 Å². The van der Waals surface area contributed by atoms with E-state index in [-0.39, 0.29) is 64.2 Å². The number of amides is 3. The van der Waals surface area contributed by atoms with Gasteiger partial charge in [0, 0.05) is 36.8 Å². The Kier molecular flexibility index (Phi) is 12.9. The summed E-state index contributed by atoms with van der Waals surface area (Å²) in [6.45, 7) is 2.28. The van der Waals surface area contributed by atoms with E-state index in [1.54, 1.807) is 32.2 Å². The average Bonchev–Trinajstić information content (AvgIpc) is 2.97. The monoisotopic (exact) mass is 621 g/mol. The van der Waals surface area contributed by atoms with Gasteiger partial charge in [-0.05, 0) is 55.2 Å². The van der Waals surface area contributed by atoms with Gasteiger partial charge in [0.2, 0.25) is 17.7 Å². The molecule has 0 saturated carbocycles. The Bertz CT molecular complexity index is 1240. The first-order valence-electron chi connectivity index (χ1n) is 13.7. The van der Waals surface area contributed by atoms with Crippen molar-refractivity contribution in [1.29, 1.82) is 0 Å². The maximum absolute atomic E-state index is 13.7. The summed E-state index contributed by atoms with van der Waals surface area (Å²) in [7, 11) is 3.08. The number of esters is 1. The van der Waals surface area contributed by atoms with E-state index in [1.807, 2.05) is 24.3 Å². The van der Waals surface area contributed by atoms with Crippen molar-refractivity contribution in [2.24, 2.45) is 0 Å². The van der Waals surface area contributed by atoms with E-state index in [2.05, 4.69) is 0 Å². The van der Waals surface area contributed by atoms with Crippen molar-refractivity contribution in [3.05, 3.63) is 63.6 Å². The fourth-order valence-corrected chi connectivity index (χ4v) is 5.19. The van der Waals surface area contributed by atoms with Gasteiger partial charge >= 0.3 is 5.97 Å². The van der Waals surface area contributed by atoms with E-state index >= 15 is 0 Å². The van der Waals surface area contributed by atoms with Crippen molar-refractivity contribution in [2.45, 2.75) is 32.2 Å². The summed E-state index contributed by atoms with van der Waals surface area (Å²) >= 11 is 12.3. The van der Waals surface area contributed by atoms with Gasteiger partial charge in [-0.1, -0.05) is 41.4 Å². The fraction of sp³-hybridized carbons (Fsp3) is 0.467. The van der Waals surface area contributed by atoms with Gasteiger partial charge in [0.05, 0.1) is 33.3 Å². The average molecular weight is 623 g/mol. The number of carbonyl (C=O) groups excluding carboxylic acids is 4. The van der Waals surface area contributed by atoms with Gasteiger partial charge in [-0.3, -0.25) is 19.2 Å². The van der Waals surface area contributed by atoms with Gasteiger partial charge in [-0.15, -0.1) is 0 Å². The van der Waals surface area contributed by atoms with Gasteiger partial charge in [-0.25, -0.2) is 0 Å². The van der Waals surface area contributed by atoms with Crippen LogP contribution in [-0.2, 0) is 41.5 Å². The normalized spacial score (nSPS) is 15.1. The third kappa shape index (κ3) is 9.34. The third-order valence-electron chi connectivity index (χ3n) is 7.00. The summed E-state index contributed by atoms with van der Waals surface area (Å²) in [5.74, 6) is -0.924. The summed E-state index contributed by atoms with van der Waals surface area (Å²) in [6.07, 6.45) is 0.590. The topological polar surface area (TPSA) is 106 Å². The molecule has 1 aliphatic heterocycles. The van der Waals surface area contributed by atoms with Crippen LogP contribution in [0.5, 0.6) is 5.75 Å². The zero-order valence-corrected chi connectivity index (χ0v) is 25.7. The van der Waals surface area contributed by atoms with Crippen LogP contribution in [0.1, 0.15) is 24.5 Å². The molecule has 10 nitrogen and oxygen atoms in total. The first-order valence-corrected chi connectivity index (χ1v) is 14.5. The quantitative estimate of drug-likeness (QED) is 0.281. The van der Waals surface area contributed by atoms with Crippen LogP contribution in [-0.4, -0.2) is 105 Å². The highest BCUT2D eigenvalue weighted by Crippen LogP contribution is 2.23. The van der Waals surface area contributed by atoms with Crippen LogP contribution in [0.25, 0.3) is 0 Å². The van der Waals surface area contributed by atoms with Crippen molar-refractivity contribution in [1.82, 2.24) is 14.7 Å². The minimum atomic E-state index is -1.04. The number of nitrogens with zero attached hydrogens (tertiary/aromatic N) is 3. The van der Waals surface area contributed by atoms with Gasteiger partial charge in [0.25, 0.3) is 0 Å². The second kappa shape index (κ2) is 16.3. The van der Waals surface area contributed by atoms with E-state index in [9.17, 15) is 19.2 Å². The minimum Gasteiger partial charge on any atom is -0.497 e. The lowest BCUT2D eigenvalue weighted by Gasteiger charge is -2.40. The Morgan fingerprint density at radius 1 is 1.02 bits per heavy atom. The number of carbonyl (C=O) groups is 4. The summed E-state index contributed by atoms with van der Waals surface area (Å²) in [5, 5.41) is 0.970. The van der Waals surface area contributed by atoms with Crippen LogP contribution in [0.15, 0.2) is 42.5 Å². The predicted molar refractivity (Wildman–Crippen MR) is 159 cm³/mol. The molecule has 1 saturated heterocycles. The van der Waals surface area contributed by atoms with Crippen LogP contribution >= 0.6 is 23.2 Å². The Hall–Kier alpha value is -3.34. The van der Waals surface area contributed by atoms with E-state index in [0.29, 0.717) is 28.6 Å². The van der Waals surface area contributed by atoms with Crippen molar-refractivity contribution < 1.29 is 33.4 Å². The number of piperazine rings is 1. The molecule has 3 amide bonds. The minimum absolute atomic E-state index is 0.123. The lowest BCUT2D eigenvalue weighted by atomic mass is 10.0. The molecule has 2 aromatic rings. The van der Waals surface area contributed by atoms with E-state index in [0.717, 1.165) is 11.1 Å². The molecule has 0 radical (unpaired) electrons. The maximum Gasteiger partial charge on any atom is 0.325 e. The molecule has 0 N–H and O–H groups in total. The molecule has 12 heteroatoms. The van der Waals surface area contributed by atoms with Crippen molar-refractivity contribution in [2.75, 3.05) is 60.2 Å². The molecule has 1 heterocycles. The first-order chi connectivity index (χ1) is 20.2. The number of ether oxygens (including phenoxy) is 3. The van der Waals surface area contributed by atoms with Crippen LogP contribution in [0, 0.1) is 0 Å². The SMILES string of the molecule is CCOC(=O)CN(CCc1ccc(OC)cc1)C(=O)CC1C(=O)N(CCc2ccc(Cl)cc2Cl)CC(=O)N1CCOC. The molecule has 2 aromatic carbocycles. The summed E-state index contributed by atoms with van der Waals surface area (Å²) in [6, 6.07) is 11.5. The first kappa shape index (κ1) is 33.2. The molecule has 0 spiro atoms. The lowest BCUT2D eigenvalue weighted by Crippen LogP contribution is -2.61. The van der Waals surface area contributed by atoms with E-state index in [4.69, 9.17) is 37.4 Å². The molecule has 42 heavy (non-hydrogen) atoms. The number of benzene rings is 2. The van der Waals surface area contributed by atoms with Gasteiger partial charge in [0.1, 0.15) is 18.3 Å². The third-order valence-corrected chi connectivity index (χ3v) is 7.58. The fourth-order valence-electron chi connectivity index (χ4n) is 4.69. The zero-order valence-electron chi connectivity index (χ0n) is 24.1. The lowest BCUT2D eigenvalue weighted by molar-refractivity contribution is -0.159. The van der Waals surface area contributed by atoms with Gasteiger partial charge < -0.3 is 28.9 Å². The molecule has 3 rings (SSSR count). The highest BCUT2D eigenvalue weighted by Gasteiger charge is 2.41. The smallest absolute Gasteiger partial charge is 0.325 e. The highest BCUT2D eigenvalue weighted by atomic mass is 35.5. The number of halogens is 2. The standard InChI is InChI=1S/C30H37Cl2N3O7/c1-4-42-29(38)20-33(13-11-21-5-9-24(41-3)10-6-21)27(36)18-26-30(39)34(19-28(37)35(26)15-16-40-2)14-12-22-7-8-23(31)17-25(22)32/h5-10,17,26H,4,11-16,18-20H2,1-3H3. The van der Waals surface area contributed by atoms with E-state index < -0.39 is 17.9 Å². The Morgan fingerprint density at radius 2 is 1.76 bits per heavy atom. The zero-order chi connectivity index (χ0) is 30.6. The summed E-state index contributed by atoms with van der Waals surface area (Å²) in [4.78, 5) is 57.1. The molecule has 0 aliphatic carbocycles. The molecular formula is C30H37Cl2N3O7. The molecule has 1 unspecified atom stereocenters. The van der Waals surface area contributed by atoms with Gasteiger partial charge in [-0.2, -0.15) is 0 Å². The van der Waals surface area contributed by atoms with Crippen LogP contribution < -0.4 is 4.74 Å². The molecule has 1 atom stereocenters. The molecule has 1 fully saturated rings. The number of methoxy groups -OCH3 is 2. The number of hydrogen-bond acceptors (Lipinski definition) is 7. The highest BCUT2D eigenvalue weighted by molar-refractivity contribution is 6.35. The summed E-state index contributed by atoms with van der Waals surface area (Å²) < 4.78 is 15.4. The molecule has 0 aromatic heterocycles. The van der Waals surface area contributed by atoms with Crippen LogP contribution in [0.3, 0.4) is 0 Å². The largest absolute Gasteiger partial charge is 0.497 e. The Morgan fingerprint density at radius 3 is 2.40 bits per heavy atom. The van der Waals surface area contributed by atoms with Crippen molar-refractivity contribution >= 4 is 46.9 Å². The molecular weight excluding hydrogens is 585 g/mol. The van der Waals surface area contributed by atoms with Gasteiger partial charge in [0.15, 0.2) is 0 Å². The molecule has 1 aliphatic rings. The predicted octanol–water partition coefficient (Wildman–Crippen LogP) is 3.25. The Balaban J connectivity index is 1.77. The van der Waals surface area contributed by atoms with Crippen LogP contribution in [0.4, 0.5) is 0 Å². The van der Waals surface area contributed by atoms with Crippen molar-refractivity contribution in [3.8, 4) is 5.75 Å². The summed E-state index contributed by atoms with van der Waals surface area (Å²) in [5.41, 5.74) is 1.73. The second-order valence-electron chi connectivity index (χ2n) is 9.76. The van der Waals surface area contributed by atoms with E-state index in [1.165, 1.54) is 21.8 Å². The van der Waals surface area contributed by atoms with Crippen molar-refractivity contribution in [3.63, 3.8) is 0 Å². The van der Waals surface area contributed by atoms with Crippen LogP contribution in [0.2, 0.25) is 10.0 Å². The maximum atomic E-state index is 13.7.